The van der Waals surface area contributed by atoms with E-state index < -0.39 is 0 Å². The third-order valence-electron chi connectivity index (χ3n) is 5.36. The Morgan fingerprint density at radius 1 is 0.533 bits per heavy atom. The molecule has 0 heterocycles. The molecule has 0 atom stereocenters. The Hall–Kier alpha value is -3.38. The van der Waals surface area contributed by atoms with Gasteiger partial charge in [0, 0.05) is 0 Å². The minimum Gasteiger partial charge on any atom is -0.0795 e. The van der Waals surface area contributed by atoms with Crippen molar-refractivity contribution in [2.45, 2.75) is 26.2 Å². The van der Waals surface area contributed by atoms with Gasteiger partial charge in [-0.2, -0.15) is 0 Å². The zero-order valence-corrected chi connectivity index (χ0v) is 17.6. The fourth-order valence-electron chi connectivity index (χ4n) is 3.83. The summed E-state index contributed by atoms with van der Waals surface area (Å²) < 4.78 is 0. The second kappa shape index (κ2) is 9.89. The van der Waals surface area contributed by atoms with Crippen LogP contribution in [0.2, 0.25) is 0 Å². The van der Waals surface area contributed by atoms with Crippen molar-refractivity contribution in [3.8, 4) is 0 Å². The second-order valence-corrected chi connectivity index (χ2v) is 8.00. The Morgan fingerprint density at radius 3 is 1.57 bits per heavy atom. The molecule has 0 N–H and O–H groups in total. The van der Waals surface area contributed by atoms with Gasteiger partial charge in [-0.25, -0.2) is 0 Å². The first-order valence-electron chi connectivity index (χ1n) is 10.7. The predicted molar refractivity (Wildman–Crippen MR) is 129 cm³/mol. The van der Waals surface area contributed by atoms with Crippen molar-refractivity contribution in [3.63, 3.8) is 0 Å². The molecule has 0 saturated carbocycles. The number of hydrogen-bond acceptors (Lipinski definition) is 0. The molecule has 30 heavy (non-hydrogen) atoms. The number of aryl methyl sites for hydroxylation is 1. The lowest BCUT2D eigenvalue weighted by Crippen LogP contribution is -1.96. The normalized spacial score (nSPS) is 11.1. The molecule has 0 spiro atoms. The molecule has 0 aliphatic rings. The molecule has 0 aromatic heterocycles. The first-order chi connectivity index (χ1) is 14.7. The number of benzene rings is 4. The summed E-state index contributed by atoms with van der Waals surface area (Å²) in [6, 6.07) is 37.3. The Bertz CT molecular complexity index is 1030. The van der Waals surface area contributed by atoms with Gasteiger partial charge in [0.2, 0.25) is 0 Å². The Balaban J connectivity index is 1.56. The SMILES string of the molecule is Cc1ccc(/C=C/Cc2cc(Cc3ccccc3)cc(Cc3ccccc3)c2)cc1. The second-order valence-electron chi connectivity index (χ2n) is 8.00. The van der Waals surface area contributed by atoms with E-state index in [4.69, 9.17) is 0 Å². The van der Waals surface area contributed by atoms with Gasteiger partial charge in [0.25, 0.3) is 0 Å². The van der Waals surface area contributed by atoms with Gasteiger partial charge in [-0.05, 0) is 59.6 Å². The average molecular weight is 389 g/mol. The molecule has 0 nitrogen and oxygen atoms in total. The predicted octanol–water partition coefficient (Wildman–Crippen LogP) is 7.43. The van der Waals surface area contributed by atoms with E-state index in [2.05, 4.69) is 122 Å². The van der Waals surface area contributed by atoms with Gasteiger partial charge in [-0.3, -0.25) is 0 Å². The highest BCUT2D eigenvalue weighted by Gasteiger charge is 2.04. The van der Waals surface area contributed by atoms with Crippen LogP contribution in [0.3, 0.4) is 0 Å². The first-order valence-corrected chi connectivity index (χ1v) is 10.7. The molecule has 4 rings (SSSR count). The van der Waals surface area contributed by atoms with E-state index in [0.717, 1.165) is 19.3 Å². The molecule has 4 aromatic rings. The molecule has 4 aromatic carbocycles. The fourth-order valence-corrected chi connectivity index (χ4v) is 3.83. The van der Waals surface area contributed by atoms with E-state index in [1.54, 1.807) is 0 Å². The van der Waals surface area contributed by atoms with Crippen molar-refractivity contribution in [2.75, 3.05) is 0 Å². The molecule has 0 unspecified atom stereocenters. The van der Waals surface area contributed by atoms with Crippen molar-refractivity contribution in [1.29, 1.82) is 0 Å². The number of rotatable bonds is 7. The molecule has 0 bridgehead atoms. The molecule has 0 radical (unpaired) electrons. The molecular weight excluding hydrogens is 360 g/mol. The lowest BCUT2D eigenvalue weighted by Gasteiger charge is -2.10. The molecular formula is C30H28. The fraction of sp³-hybridized carbons (Fsp3) is 0.133. The van der Waals surface area contributed by atoms with Crippen LogP contribution in [-0.2, 0) is 19.3 Å². The standard InChI is InChI=1S/C30H28/c1-24-15-17-25(18-16-24)13-8-14-28-21-29(19-26-9-4-2-5-10-26)23-30(22-28)20-27-11-6-3-7-12-27/h2-13,15-18,21-23H,14,19-20H2,1H3/b13-8+. The zero-order chi connectivity index (χ0) is 20.6. The van der Waals surface area contributed by atoms with Crippen molar-refractivity contribution >= 4 is 6.08 Å². The highest BCUT2D eigenvalue weighted by Crippen LogP contribution is 2.19. The maximum atomic E-state index is 2.37. The van der Waals surface area contributed by atoms with Gasteiger partial charge < -0.3 is 0 Å². The van der Waals surface area contributed by atoms with Crippen molar-refractivity contribution < 1.29 is 0 Å². The Labute approximate surface area is 180 Å². The van der Waals surface area contributed by atoms with Gasteiger partial charge in [-0.1, -0.05) is 121 Å². The lowest BCUT2D eigenvalue weighted by atomic mass is 9.95. The summed E-state index contributed by atoms with van der Waals surface area (Å²) in [6.45, 7) is 2.12. The molecule has 148 valence electrons. The maximum absolute atomic E-state index is 2.37. The van der Waals surface area contributed by atoms with Crippen LogP contribution in [0.1, 0.15) is 38.9 Å². The van der Waals surface area contributed by atoms with Crippen LogP contribution in [0, 0.1) is 6.92 Å². The highest BCUT2D eigenvalue weighted by atomic mass is 14.1. The van der Waals surface area contributed by atoms with E-state index in [0.29, 0.717) is 0 Å². The summed E-state index contributed by atoms with van der Waals surface area (Å²) in [5, 5.41) is 0. The van der Waals surface area contributed by atoms with Crippen molar-refractivity contribution in [3.05, 3.63) is 148 Å². The number of allylic oxidation sites excluding steroid dienone is 1. The zero-order valence-electron chi connectivity index (χ0n) is 17.6. The smallest absolute Gasteiger partial charge is 0.00256 e. The van der Waals surface area contributed by atoms with Crippen molar-refractivity contribution in [2.24, 2.45) is 0 Å². The van der Waals surface area contributed by atoms with Gasteiger partial charge in [0.1, 0.15) is 0 Å². The molecule has 0 amide bonds. The molecule has 0 fully saturated rings. The largest absolute Gasteiger partial charge is 0.0795 e. The van der Waals surface area contributed by atoms with Gasteiger partial charge in [-0.15, -0.1) is 0 Å². The molecule has 0 heteroatoms. The lowest BCUT2D eigenvalue weighted by molar-refractivity contribution is 1.11. The van der Waals surface area contributed by atoms with Crippen LogP contribution in [-0.4, -0.2) is 0 Å². The molecule has 0 saturated heterocycles. The summed E-state index contributed by atoms with van der Waals surface area (Å²) in [5.41, 5.74) is 9.40. The van der Waals surface area contributed by atoms with Crippen LogP contribution in [0.4, 0.5) is 0 Å². The molecule has 0 aliphatic carbocycles. The minimum absolute atomic E-state index is 0.943. The Morgan fingerprint density at radius 2 is 1.03 bits per heavy atom. The van der Waals surface area contributed by atoms with E-state index in [1.807, 2.05) is 0 Å². The van der Waals surface area contributed by atoms with Crippen LogP contribution in [0.15, 0.2) is 109 Å². The average Bonchev–Trinajstić information content (AvgIpc) is 2.76. The van der Waals surface area contributed by atoms with Crippen LogP contribution >= 0.6 is 0 Å². The van der Waals surface area contributed by atoms with E-state index in [1.165, 1.54) is 38.9 Å². The van der Waals surface area contributed by atoms with Crippen LogP contribution < -0.4 is 0 Å². The quantitative estimate of drug-likeness (QED) is 0.309. The monoisotopic (exact) mass is 388 g/mol. The van der Waals surface area contributed by atoms with E-state index in [9.17, 15) is 0 Å². The van der Waals surface area contributed by atoms with Gasteiger partial charge >= 0.3 is 0 Å². The van der Waals surface area contributed by atoms with Gasteiger partial charge in [0.15, 0.2) is 0 Å². The van der Waals surface area contributed by atoms with Gasteiger partial charge in [0.05, 0.1) is 0 Å². The highest BCUT2D eigenvalue weighted by molar-refractivity contribution is 5.50. The Kier molecular flexibility index (Phi) is 6.57. The van der Waals surface area contributed by atoms with Crippen LogP contribution in [0.25, 0.3) is 6.08 Å². The van der Waals surface area contributed by atoms with Crippen LogP contribution in [0.5, 0.6) is 0 Å². The summed E-state index contributed by atoms with van der Waals surface area (Å²) >= 11 is 0. The third kappa shape index (κ3) is 5.81. The summed E-state index contributed by atoms with van der Waals surface area (Å²) in [6.07, 6.45) is 7.38. The van der Waals surface area contributed by atoms with E-state index >= 15 is 0 Å². The topological polar surface area (TPSA) is 0 Å². The summed E-state index contributed by atoms with van der Waals surface area (Å²) in [4.78, 5) is 0. The number of hydrogen-bond donors (Lipinski definition) is 0. The minimum atomic E-state index is 0.943. The van der Waals surface area contributed by atoms with E-state index in [-0.39, 0.29) is 0 Å². The summed E-state index contributed by atoms with van der Waals surface area (Å²) in [5.74, 6) is 0. The summed E-state index contributed by atoms with van der Waals surface area (Å²) in [7, 11) is 0. The van der Waals surface area contributed by atoms with Crippen molar-refractivity contribution in [1.82, 2.24) is 0 Å². The third-order valence-corrected chi connectivity index (χ3v) is 5.36. The molecule has 0 aliphatic heterocycles. The maximum Gasteiger partial charge on any atom is -0.00256 e. The first kappa shape index (κ1) is 19.9.